The van der Waals surface area contributed by atoms with E-state index in [0.29, 0.717) is 0 Å². The fourth-order valence-corrected chi connectivity index (χ4v) is 1.09. The summed E-state index contributed by atoms with van der Waals surface area (Å²) < 4.78 is 0. The van der Waals surface area contributed by atoms with Gasteiger partial charge in [0.2, 0.25) is 6.54 Å². The van der Waals surface area contributed by atoms with Gasteiger partial charge in [0.1, 0.15) is 0 Å². The smallest absolute Gasteiger partial charge is 0.223 e. The Morgan fingerprint density at radius 3 is 2.50 bits per heavy atom. The van der Waals surface area contributed by atoms with E-state index in [9.17, 15) is 10.1 Å². The summed E-state index contributed by atoms with van der Waals surface area (Å²) in [6, 6.07) is 9.32. The van der Waals surface area contributed by atoms with Crippen LogP contribution >= 0.6 is 12.4 Å². The zero-order valence-corrected chi connectivity index (χ0v) is 8.66. The normalized spacial score (nSPS) is 11.2. The van der Waals surface area contributed by atoms with Gasteiger partial charge >= 0.3 is 0 Å². The summed E-state index contributed by atoms with van der Waals surface area (Å²) in [5.74, 6) is 0. The summed E-state index contributed by atoms with van der Waals surface area (Å²) in [5.41, 5.74) is 0.914. The molecule has 0 saturated heterocycles. The third-order valence-corrected chi connectivity index (χ3v) is 1.61. The maximum atomic E-state index is 10.2. The first-order chi connectivity index (χ1) is 6.18. The number of nitrogens with one attached hydrogen (secondary N) is 1. The average Bonchev–Trinajstić information content (AvgIpc) is 2.04. The second-order valence-electron chi connectivity index (χ2n) is 2.93. The van der Waals surface area contributed by atoms with Gasteiger partial charge in [0.25, 0.3) is 0 Å². The lowest BCUT2D eigenvalue weighted by molar-refractivity contribution is -0.481. The summed E-state index contributed by atoms with van der Waals surface area (Å²) in [6.45, 7) is 1.73. The summed E-state index contributed by atoms with van der Waals surface area (Å²) in [5, 5.41) is 13.2. The molecule has 1 aromatic rings. The highest BCUT2D eigenvalue weighted by Gasteiger charge is 2.07. The zero-order chi connectivity index (χ0) is 9.68. The van der Waals surface area contributed by atoms with Crippen molar-refractivity contribution in [3.05, 3.63) is 40.4 Å². The molecule has 5 heteroatoms. The van der Waals surface area contributed by atoms with Crippen molar-refractivity contribution in [3.8, 4) is 0 Å². The minimum absolute atomic E-state index is 0. The van der Waals surface area contributed by atoms with Crippen molar-refractivity contribution in [1.29, 1.82) is 0 Å². The molecule has 0 aliphatic carbocycles. The molecule has 1 rings (SSSR count). The van der Waals surface area contributed by atoms with Crippen LogP contribution in [0.4, 0.5) is 5.69 Å². The van der Waals surface area contributed by atoms with Gasteiger partial charge < -0.3 is 5.32 Å². The van der Waals surface area contributed by atoms with Crippen LogP contribution in [0.2, 0.25) is 0 Å². The van der Waals surface area contributed by atoms with Crippen LogP contribution in [-0.4, -0.2) is 17.5 Å². The van der Waals surface area contributed by atoms with Crippen LogP contribution < -0.4 is 5.32 Å². The highest BCUT2D eigenvalue weighted by Crippen LogP contribution is 2.06. The Labute approximate surface area is 88.9 Å². The van der Waals surface area contributed by atoms with E-state index in [1.165, 1.54) is 0 Å². The summed E-state index contributed by atoms with van der Waals surface area (Å²) >= 11 is 0. The molecule has 0 bridgehead atoms. The molecule has 4 nitrogen and oxygen atoms in total. The van der Waals surface area contributed by atoms with E-state index in [1.54, 1.807) is 6.92 Å². The Hall–Kier alpha value is -1.29. The molecule has 0 aliphatic heterocycles. The van der Waals surface area contributed by atoms with Gasteiger partial charge in [-0.3, -0.25) is 10.1 Å². The van der Waals surface area contributed by atoms with Crippen LogP contribution in [0.1, 0.15) is 6.92 Å². The molecule has 0 fully saturated rings. The zero-order valence-electron chi connectivity index (χ0n) is 7.84. The molecule has 0 aromatic heterocycles. The molecule has 0 spiro atoms. The van der Waals surface area contributed by atoms with Gasteiger partial charge in [0, 0.05) is 10.6 Å². The third kappa shape index (κ3) is 4.67. The van der Waals surface area contributed by atoms with E-state index in [-0.39, 0.29) is 29.9 Å². The van der Waals surface area contributed by atoms with Crippen molar-refractivity contribution >= 4 is 18.1 Å². The molecule has 0 radical (unpaired) electrons. The summed E-state index contributed by atoms with van der Waals surface area (Å²) in [6.07, 6.45) is 0. The molecule has 0 heterocycles. The van der Waals surface area contributed by atoms with E-state index in [1.807, 2.05) is 30.3 Å². The van der Waals surface area contributed by atoms with Gasteiger partial charge in [-0.25, -0.2) is 0 Å². The number of hydrogen-bond acceptors (Lipinski definition) is 3. The molecule has 78 valence electrons. The Morgan fingerprint density at radius 2 is 2.00 bits per heavy atom. The van der Waals surface area contributed by atoms with Crippen LogP contribution in [0.25, 0.3) is 0 Å². The minimum Gasteiger partial charge on any atom is -0.376 e. The Morgan fingerprint density at radius 1 is 1.43 bits per heavy atom. The Bertz CT molecular complexity index is 279. The number of nitrogens with zero attached hydrogens (tertiary/aromatic N) is 1. The van der Waals surface area contributed by atoms with E-state index in [4.69, 9.17) is 0 Å². The lowest BCUT2D eigenvalue weighted by Crippen LogP contribution is -2.24. The first-order valence-corrected chi connectivity index (χ1v) is 4.12. The maximum Gasteiger partial charge on any atom is 0.223 e. The monoisotopic (exact) mass is 216 g/mol. The van der Waals surface area contributed by atoms with Crippen molar-refractivity contribution in [3.63, 3.8) is 0 Å². The second-order valence-corrected chi connectivity index (χ2v) is 2.93. The standard InChI is InChI=1S/C9H12N2O2.ClH/c1-8(7-11(12)13)10-9-5-3-2-4-6-9;/h2-6,8,10H,7H2,1H3;1H. The highest BCUT2D eigenvalue weighted by atomic mass is 35.5. The van der Waals surface area contributed by atoms with E-state index in [2.05, 4.69) is 5.32 Å². The van der Waals surface area contributed by atoms with Crippen LogP contribution in [0.3, 0.4) is 0 Å². The van der Waals surface area contributed by atoms with Gasteiger partial charge in [-0.05, 0) is 19.1 Å². The number of hydrogen-bond donors (Lipinski definition) is 1. The molecule has 0 saturated carbocycles. The molecule has 1 atom stereocenters. The van der Waals surface area contributed by atoms with Gasteiger partial charge in [-0.2, -0.15) is 0 Å². The predicted octanol–water partition coefficient (Wildman–Crippen LogP) is 2.19. The first kappa shape index (κ1) is 12.7. The molecule has 14 heavy (non-hydrogen) atoms. The average molecular weight is 217 g/mol. The number of benzene rings is 1. The largest absolute Gasteiger partial charge is 0.376 e. The molecule has 1 aromatic carbocycles. The van der Waals surface area contributed by atoms with Gasteiger partial charge in [-0.15, -0.1) is 12.4 Å². The topological polar surface area (TPSA) is 55.2 Å². The second kappa shape index (κ2) is 6.21. The van der Waals surface area contributed by atoms with Gasteiger partial charge in [0.05, 0.1) is 6.04 Å². The number of anilines is 1. The molecule has 1 unspecified atom stereocenters. The van der Waals surface area contributed by atoms with E-state index in [0.717, 1.165) is 5.69 Å². The number of nitro groups is 1. The van der Waals surface area contributed by atoms with Crippen LogP contribution in [0.5, 0.6) is 0 Å². The molecule has 1 N–H and O–H groups in total. The van der Waals surface area contributed by atoms with Crippen molar-refractivity contribution < 1.29 is 4.92 Å². The first-order valence-electron chi connectivity index (χ1n) is 4.12. The predicted molar refractivity (Wildman–Crippen MR) is 58.6 cm³/mol. The third-order valence-electron chi connectivity index (χ3n) is 1.61. The van der Waals surface area contributed by atoms with Crippen molar-refractivity contribution in [1.82, 2.24) is 0 Å². The molecule has 0 aliphatic rings. The SMILES string of the molecule is CC(C[N+](=O)[O-])Nc1ccccc1.Cl. The lowest BCUT2D eigenvalue weighted by Gasteiger charge is -2.10. The number of rotatable bonds is 4. The van der Waals surface area contributed by atoms with Crippen molar-refractivity contribution in [2.24, 2.45) is 0 Å². The molecular formula is C9H13ClN2O2. The van der Waals surface area contributed by atoms with Gasteiger partial charge in [-0.1, -0.05) is 18.2 Å². The lowest BCUT2D eigenvalue weighted by atomic mass is 10.3. The van der Waals surface area contributed by atoms with Crippen LogP contribution in [0.15, 0.2) is 30.3 Å². The molecule has 0 amide bonds. The minimum atomic E-state index is -0.319. The maximum absolute atomic E-state index is 10.2. The number of para-hydroxylation sites is 1. The summed E-state index contributed by atoms with van der Waals surface area (Å²) in [4.78, 5) is 9.85. The molecular weight excluding hydrogens is 204 g/mol. The fraction of sp³-hybridized carbons (Fsp3) is 0.333. The highest BCUT2D eigenvalue weighted by molar-refractivity contribution is 5.85. The van der Waals surface area contributed by atoms with Crippen molar-refractivity contribution in [2.45, 2.75) is 13.0 Å². The van der Waals surface area contributed by atoms with Crippen molar-refractivity contribution in [2.75, 3.05) is 11.9 Å². The van der Waals surface area contributed by atoms with E-state index < -0.39 is 0 Å². The number of halogens is 1. The quantitative estimate of drug-likeness (QED) is 0.620. The van der Waals surface area contributed by atoms with Gasteiger partial charge in [0.15, 0.2) is 0 Å². The fourth-order valence-electron chi connectivity index (χ4n) is 1.09. The Kier molecular flexibility index (Phi) is 5.64. The van der Waals surface area contributed by atoms with Crippen LogP contribution in [-0.2, 0) is 0 Å². The van der Waals surface area contributed by atoms with E-state index >= 15 is 0 Å². The Balaban J connectivity index is 0.00000169. The summed E-state index contributed by atoms with van der Waals surface area (Å²) in [7, 11) is 0. The van der Waals surface area contributed by atoms with Crippen LogP contribution in [0, 0.1) is 10.1 Å².